The SMILES string of the molecule is CC(C)N1CCC(CNc2cc(Cl)ncn2)C1. The maximum atomic E-state index is 5.81. The Morgan fingerprint density at radius 3 is 3.00 bits per heavy atom. The minimum absolute atomic E-state index is 0.484. The number of likely N-dealkylation sites (tertiary alicyclic amines) is 1. The number of hydrogen-bond donors (Lipinski definition) is 1. The number of halogens is 1. The zero-order valence-electron chi connectivity index (χ0n) is 10.4. The van der Waals surface area contributed by atoms with Gasteiger partial charge in [0.25, 0.3) is 0 Å². The average molecular weight is 255 g/mol. The van der Waals surface area contributed by atoms with Gasteiger partial charge in [-0.2, -0.15) is 0 Å². The molecule has 0 radical (unpaired) electrons. The maximum Gasteiger partial charge on any atom is 0.134 e. The first-order chi connectivity index (χ1) is 8.15. The summed E-state index contributed by atoms with van der Waals surface area (Å²) in [5.74, 6) is 1.51. The van der Waals surface area contributed by atoms with E-state index in [1.54, 1.807) is 6.07 Å². The molecule has 0 aliphatic carbocycles. The molecule has 1 fully saturated rings. The molecule has 17 heavy (non-hydrogen) atoms. The number of nitrogens with one attached hydrogen (secondary N) is 1. The smallest absolute Gasteiger partial charge is 0.134 e. The molecule has 0 aromatic carbocycles. The van der Waals surface area contributed by atoms with Gasteiger partial charge in [0.15, 0.2) is 0 Å². The summed E-state index contributed by atoms with van der Waals surface area (Å²) in [6.45, 7) is 7.83. The Hall–Kier alpha value is -0.870. The molecule has 1 aromatic heterocycles. The maximum absolute atomic E-state index is 5.81. The topological polar surface area (TPSA) is 41.0 Å². The summed E-state index contributed by atoms with van der Waals surface area (Å²) in [6.07, 6.45) is 2.74. The van der Waals surface area contributed by atoms with Crippen molar-refractivity contribution in [1.29, 1.82) is 0 Å². The van der Waals surface area contributed by atoms with E-state index in [0.717, 1.165) is 12.4 Å². The van der Waals surface area contributed by atoms with Crippen molar-refractivity contribution in [3.63, 3.8) is 0 Å². The summed E-state index contributed by atoms with van der Waals surface area (Å²) in [4.78, 5) is 10.5. The molecule has 1 aliphatic heterocycles. The monoisotopic (exact) mass is 254 g/mol. The van der Waals surface area contributed by atoms with Crippen LogP contribution in [0.2, 0.25) is 5.15 Å². The molecule has 0 saturated carbocycles. The Labute approximate surface area is 107 Å². The summed E-state index contributed by atoms with van der Waals surface area (Å²) in [5, 5.41) is 3.81. The number of nitrogens with zero attached hydrogens (tertiary/aromatic N) is 3. The molecule has 94 valence electrons. The Morgan fingerprint density at radius 1 is 1.53 bits per heavy atom. The molecule has 1 aliphatic rings. The van der Waals surface area contributed by atoms with E-state index in [1.165, 1.54) is 25.8 Å². The van der Waals surface area contributed by atoms with Gasteiger partial charge >= 0.3 is 0 Å². The standard InChI is InChI=1S/C12H19ClN4/c1-9(2)17-4-3-10(7-17)6-14-12-5-11(13)15-8-16-12/h5,8-10H,3-4,6-7H2,1-2H3,(H,14,15,16). The fraction of sp³-hybridized carbons (Fsp3) is 0.667. The highest BCUT2D eigenvalue weighted by atomic mass is 35.5. The van der Waals surface area contributed by atoms with Gasteiger partial charge in [-0.05, 0) is 32.7 Å². The van der Waals surface area contributed by atoms with Crippen LogP contribution in [0.3, 0.4) is 0 Å². The number of hydrogen-bond acceptors (Lipinski definition) is 4. The molecule has 1 N–H and O–H groups in total. The molecule has 1 saturated heterocycles. The van der Waals surface area contributed by atoms with Crippen LogP contribution >= 0.6 is 11.6 Å². The van der Waals surface area contributed by atoms with Crippen molar-refractivity contribution in [2.45, 2.75) is 26.3 Å². The zero-order chi connectivity index (χ0) is 12.3. The van der Waals surface area contributed by atoms with Crippen LogP contribution in [0.5, 0.6) is 0 Å². The minimum Gasteiger partial charge on any atom is -0.370 e. The third kappa shape index (κ3) is 3.54. The molecule has 1 aromatic rings. The fourth-order valence-electron chi connectivity index (χ4n) is 2.18. The van der Waals surface area contributed by atoms with Crippen molar-refractivity contribution >= 4 is 17.4 Å². The Morgan fingerprint density at radius 2 is 2.35 bits per heavy atom. The van der Waals surface area contributed by atoms with Crippen molar-refractivity contribution < 1.29 is 0 Å². The molecule has 5 heteroatoms. The third-order valence-corrected chi connectivity index (χ3v) is 3.46. The number of rotatable bonds is 4. The summed E-state index contributed by atoms with van der Waals surface area (Å²) in [7, 11) is 0. The lowest BCUT2D eigenvalue weighted by Gasteiger charge is -2.20. The van der Waals surface area contributed by atoms with Crippen LogP contribution in [0.15, 0.2) is 12.4 Å². The molecule has 0 bridgehead atoms. The molecule has 1 atom stereocenters. The fourth-order valence-corrected chi connectivity index (χ4v) is 2.32. The highest BCUT2D eigenvalue weighted by Crippen LogP contribution is 2.19. The van der Waals surface area contributed by atoms with Gasteiger partial charge in [-0.25, -0.2) is 9.97 Å². The van der Waals surface area contributed by atoms with E-state index in [4.69, 9.17) is 11.6 Å². The van der Waals surface area contributed by atoms with E-state index in [9.17, 15) is 0 Å². The average Bonchev–Trinajstić information content (AvgIpc) is 2.75. The zero-order valence-corrected chi connectivity index (χ0v) is 11.1. The van der Waals surface area contributed by atoms with Gasteiger partial charge in [0.1, 0.15) is 17.3 Å². The first-order valence-electron chi connectivity index (χ1n) is 6.10. The highest BCUT2D eigenvalue weighted by molar-refractivity contribution is 6.29. The van der Waals surface area contributed by atoms with E-state index in [2.05, 4.69) is 34.0 Å². The summed E-state index contributed by atoms with van der Waals surface area (Å²) >= 11 is 5.81. The van der Waals surface area contributed by atoms with E-state index in [0.29, 0.717) is 17.1 Å². The van der Waals surface area contributed by atoms with Crippen molar-refractivity contribution in [3.05, 3.63) is 17.5 Å². The van der Waals surface area contributed by atoms with E-state index in [1.807, 2.05) is 0 Å². The number of anilines is 1. The Kier molecular flexibility index (Phi) is 4.18. The molecule has 2 heterocycles. The third-order valence-electron chi connectivity index (χ3n) is 3.25. The number of aromatic nitrogens is 2. The van der Waals surface area contributed by atoms with Crippen LogP contribution in [0.4, 0.5) is 5.82 Å². The lowest BCUT2D eigenvalue weighted by Crippen LogP contribution is -2.29. The predicted octanol–water partition coefficient (Wildman–Crippen LogP) is 2.27. The van der Waals surface area contributed by atoms with E-state index in [-0.39, 0.29) is 0 Å². The van der Waals surface area contributed by atoms with Gasteiger partial charge in [0, 0.05) is 25.2 Å². The van der Waals surface area contributed by atoms with Gasteiger partial charge in [0.2, 0.25) is 0 Å². The molecule has 2 rings (SSSR count). The molecular weight excluding hydrogens is 236 g/mol. The molecular formula is C12H19ClN4. The van der Waals surface area contributed by atoms with Crippen LogP contribution in [-0.4, -0.2) is 40.5 Å². The minimum atomic E-state index is 0.484. The van der Waals surface area contributed by atoms with Crippen molar-refractivity contribution in [3.8, 4) is 0 Å². The van der Waals surface area contributed by atoms with Crippen LogP contribution in [0.25, 0.3) is 0 Å². The van der Waals surface area contributed by atoms with Crippen LogP contribution in [0, 0.1) is 5.92 Å². The first kappa shape index (κ1) is 12.6. The second-order valence-electron chi connectivity index (χ2n) is 4.85. The second kappa shape index (κ2) is 5.65. The van der Waals surface area contributed by atoms with Gasteiger partial charge in [-0.15, -0.1) is 0 Å². The van der Waals surface area contributed by atoms with Crippen molar-refractivity contribution in [1.82, 2.24) is 14.9 Å². The molecule has 0 amide bonds. The summed E-state index contributed by atoms with van der Waals surface area (Å²) in [6, 6.07) is 2.41. The lowest BCUT2D eigenvalue weighted by molar-refractivity contribution is 0.266. The predicted molar refractivity (Wildman–Crippen MR) is 70.3 cm³/mol. The van der Waals surface area contributed by atoms with E-state index >= 15 is 0 Å². The van der Waals surface area contributed by atoms with Gasteiger partial charge in [-0.3, -0.25) is 0 Å². The molecule has 0 spiro atoms. The Balaban J connectivity index is 1.80. The normalized spacial score (nSPS) is 21.1. The Bertz CT molecular complexity index is 369. The lowest BCUT2D eigenvalue weighted by atomic mass is 10.1. The molecule has 1 unspecified atom stereocenters. The first-order valence-corrected chi connectivity index (χ1v) is 6.48. The van der Waals surface area contributed by atoms with Crippen molar-refractivity contribution in [2.24, 2.45) is 5.92 Å². The second-order valence-corrected chi connectivity index (χ2v) is 5.24. The van der Waals surface area contributed by atoms with E-state index < -0.39 is 0 Å². The van der Waals surface area contributed by atoms with Crippen molar-refractivity contribution in [2.75, 3.05) is 25.0 Å². The summed E-state index contributed by atoms with van der Waals surface area (Å²) in [5.41, 5.74) is 0. The van der Waals surface area contributed by atoms with Crippen LogP contribution < -0.4 is 5.32 Å². The summed E-state index contributed by atoms with van der Waals surface area (Å²) < 4.78 is 0. The largest absolute Gasteiger partial charge is 0.370 e. The van der Waals surface area contributed by atoms with Gasteiger partial charge < -0.3 is 10.2 Å². The highest BCUT2D eigenvalue weighted by Gasteiger charge is 2.23. The van der Waals surface area contributed by atoms with Crippen LogP contribution in [0.1, 0.15) is 20.3 Å². The van der Waals surface area contributed by atoms with Gasteiger partial charge in [-0.1, -0.05) is 11.6 Å². The van der Waals surface area contributed by atoms with Gasteiger partial charge in [0.05, 0.1) is 0 Å². The quantitative estimate of drug-likeness (QED) is 0.837. The van der Waals surface area contributed by atoms with Crippen LogP contribution in [-0.2, 0) is 0 Å². The molecule has 4 nitrogen and oxygen atoms in total.